The fourth-order valence-electron chi connectivity index (χ4n) is 2.71. The summed E-state index contributed by atoms with van der Waals surface area (Å²) in [4.78, 5) is 17.7. The minimum absolute atomic E-state index is 0.173. The van der Waals surface area contributed by atoms with Gasteiger partial charge in [-0.15, -0.1) is 0 Å². The lowest BCUT2D eigenvalue weighted by molar-refractivity contribution is 0.179. The molecule has 8 nitrogen and oxygen atoms in total. The molecular weight excluding hydrogens is 306 g/mol. The number of piperazine rings is 1. The number of hydrogen-bond donors (Lipinski definition) is 2. The molecule has 0 radical (unpaired) electrons. The number of guanidine groups is 1. The van der Waals surface area contributed by atoms with Crippen molar-refractivity contribution in [3.63, 3.8) is 0 Å². The van der Waals surface area contributed by atoms with Crippen molar-refractivity contribution in [2.75, 3.05) is 57.9 Å². The van der Waals surface area contributed by atoms with Crippen LogP contribution >= 0.6 is 0 Å². The van der Waals surface area contributed by atoms with E-state index in [9.17, 15) is 0 Å². The maximum absolute atomic E-state index is 5.86. The number of nitrogens with one attached hydrogen (secondary N) is 1. The van der Waals surface area contributed by atoms with Crippen LogP contribution in [-0.2, 0) is 4.74 Å². The highest BCUT2D eigenvalue weighted by molar-refractivity contribution is 5.78. The number of rotatable bonds is 8. The Labute approximate surface area is 144 Å². The van der Waals surface area contributed by atoms with Crippen molar-refractivity contribution < 1.29 is 4.74 Å². The van der Waals surface area contributed by atoms with Crippen LogP contribution < -0.4 is 16.0 Å². The van der Waals surface area contributed by atoms with Crippen LogP contribution in [0, 0.1) is 0 Å². The van der Waals surface area contributed by atoms with Crippen molar-refractivity contribution in [1.82, 2.24) is 20.2 Å². The molecule has 0 spiro atoms. The van der Waals surface area contributed by atoms with Crippen LogP contribution in [0.25, 0.3) is 0 Å². The second-order valence-electron chi connectivity index (χ2n) is 6.00. The van der Waals surface area contributed by atoms with Gasteiger partial charge in [-0.05, 0) is 19.4 Å². The van der Waals surface area contributed by atoms with E-state index in [1.165, 1.54) is 0 Å². The molecular formula is C16H29N7O. The van der Waals surface area contributed by atoms with E-state index in [-0.39, 0.29) is 6.04 Å². The van der Waals surface area contributed by atoms with Crippen molar-refractivity contribution in [3.8, 4) is 0 Å². The van der Waals surface area contributed by atoms with Crippen molar-refractivity contribution in [2.24, 2.45) is 10.7 Å². The van der Waals surface area contributed by atoms with Gasteiger partial charge < -0.3 is 20.7 Å². The fraction of sp³-hybridized carbons (Fsp3) is 0.688. The molecule has 1 aromatic heterocycles. The lowest BCUT2D eigenvalue weighted by Crippen LogP contribution is -2.47. The van der Waals surface area contributed by atoms with Crippen molar-refractivity contribution >= 4 is 11.9 Å². The third-order valence-electron chi connectivity index (χ3n) is 3.93. The van der Waals surface area contributed by atoms with E-state index < -0.39 is 0 Å². The number of nitrogens with zero attached hydrogens (tertiary/aromatic N) is 5. The molecule has 0 aromatic carbocycles. The summed E-state index contributed by atoms with van der Waals surface area (Å²) in [6.45, 7) is 8.39. The number of aromatic nitrogens is 2. The molecule has 0 aliphatic carbocycles. The van der Waals surface area contributed by atoms with Crippen LogP contribution in [0.2, 0.25) is 0 Å². The molecule has 1 aliphatic rings. The van der Waals surface area contributed by atoms with Crippen LogP contribution in [0.3, 0.4) is 0 Å². The van der Waals surface area contributed by atoms with Gasteiger partial charge in [0.05, 0.1) is 6.61 Å². The third kappa shape index (κ3) is 6.29. The standard InChI is InChI=1S/C16H29N7O/c1-14(13-24-2)21-15(17)18-7-4-8-22-9-11-23(12-10-22)16-19-5-3-6-20-16/h3,5-6,14H,4,7-13H2,1-2H3,(H3,17,18,21). The van der Waals surface area contributed by atoms with Gasteiger partial charge in [-0.1, -0.05) is 0 Å². The molecule has 0 saturated carbocycles. The van der Waals surface area contributed by atoms with Crippen LogP contribution in [-0.4, -0.2) is 79.9 Å². The summed E-state index contributed by atoms with van der Waals surface area (Å²) in [5, 5.41) is 3.11. The van der Waals surface area contributed by atoms with Crippen molar-refractivity contribution in [3.05, 3.63) is 18.5 Å². The Morgan fingerprint density at radius 1 is 1.33 bits per heavy atom. The number of nitrogens with two attached hydrogens (primary N) is 1. The highest BCUT2D eigenvalue weighted by Gasteiger charge is 2.17. The molecule has 24 heavy (non-hydrogen) atoms. The molecule has 1 saturated heterocycles. The van der Waals surface area contributed by atoms with Gasteiger partial charge in [-0.25, -0.2) is 9.97 Å². The van der Waals surface area contributed by atoms with Gasteiger partial charge in [-0.3, -0.25) is 9.89 Å². The molecule has 8 heteroatoms. The zero-order valence-electron chi connectivity index (χ0n) is 14.7. The minimum Gasteiger partial charge on any atom is -0.383 e. The first-order chi connectivity index (χ1) is 11.7. The SMILES string of the molecule is COCC(C)NC(N)=NCCCN1CCN(c2ncccn2)CC1. The second-order valence-corrected chi connectivity index (χ2v) is 6.00. The monoisotopic (exact) mass is 335 g/mol. The van der Waals surface area contributed by atoms with E-state index in [2.05, 4.69) is 30.1 Å². The van der Waals surface area contributed by atoms with E-state index in [0.29, 0.717) is 12.6 Å². The summed E-state index contributed by atoms with van der Waals surface area (Å²) < 4.78 is 5.06. The highest BCUT2D eigenvalue weighted by atomic mass is 16.5. The summed E-state index contributed by atoms with van der Waals surface area (Å²) in [5.74, 6) is 1.32. The van der Waals surface area contributed by atoms with Gasteiger partial charge in [0.25, 0.3) is 0 Å². The Morgan fingerprint density at radius 2 is 2.04 bits per heavy atom. The van der Waals surface area contributed by atoms with Gasteiger partial charge in [0.1, 0.15) is 0 Å². The first kappa shape index (κ1) is 18.4. The predicted octanol–water partition coefficient (Wildman–Crippen LogP) is -0.0721. The molecule has 2 heterocycles. The normalized spacial score (nSPS) is 17.8. The predicted molar refractivity (Wildman–Crippen MR) is 96.3 cm³/mol. The van der Waals surface area contributed by atoms with Gasteiger partial charge in [0.2, 0.25) is 5.95 Å². The third-order valence-corrected chi connectivity index (χ3v) is 3.93. The molecule has 1 fully saturated rings. The zero-order valence-corrected chi connectivity index (χ0v) is 14.7. The zero-order chi connectivity index (χ0) is 17.2. The minimum atomic E-state index is 0.173. The van der Waals surface area contributed by atoms with Gasteiger partial charge >= 0.3 is 0 Å². The summed E-state index contributed by atoms with van der Waals surface area (Å²) in [5.41, 5.74) is 5.86. The molecule has 134 valence electrons. The molecule has 1 aliphatic heterocycles. The van der Waals surface area contributed by atoms with Gasteiger partial charge in [0, 0.05) is 64.8 Å². The number of ether oxygens (including phenoxy) is 1. The molecule has 0 amide bonds. The van der Waals surface area contributed by atoms with E-state index in [1.54, 1.807) is 19.5 Å². The summed E-state index contributed by atoms with van der Waals surface area (Å²) in [6.07, 6.45) is 4.58. The van der Waals surface area contributed by atoms with Crippen LogP contribution in [0.4, 0.5) is 5.95 Å². The Morgan fingerprint density at radius 3 is 2.71 bits per heavy atom. The van der Waals surface area contributed by atoms with E-state index >= 15 is 0 Å². The van der Waals surface area contributed by atoms with Crippen LogP contribution in [0.5, 0.6) is 0 Å². The number of aliphatic imine (C=N–C) groups is 1. The van der Waals surface area contributed by atoms with E-state index in [1.807, 2.05) is 13.0 Å². The van der Waals surface area contributed by atoms with Gasteiger partial charge in [-0.2, -0.15) is 0 Å². The fourth-order valence-corrected chi connectivity index (χ4v) is 2.71. The lowest BCUT2D eigenvalue weighted by Gasteiger charge is -2.34. The largest absolute Gasteiger partial charge is 0.383 e. The summed E-state index contributed by atoms with van der Waals surface area (Å²) in [7, 11) is 1.68. The number of anilines is 1. The Hall–Kier alpha value is -1.93. The van der Waals surface area contributed by atoms with E-state index in [4.69, 9.17) is 10.5 Å². The maximum Gasteiger partial charge on any atom is 0.225 e. The average molecular weight is 335 g/mol. The maximum atomic E-state index is 5.86. The lowest BCUT2D eigenvalue weighted by atomic mass is 10.3. The van der Waals surface area contributed by atoms with Gasteiger partial charge in [0.15, 0.2) is 5.96 Å². The van der Waals surface area contributed by atoms with E-state index in [0.717, 1.165) is 51.6 Å². The topological polar surface area (TPSA) is 91.9 Å². The van der Waals surface area contributed by atoms with Crippen molar-refractivity contribution in [2.45, 2.75) is 19.4 Å². The molecule has 1 aromatic rings. The summed E-state index contributed by atoms with van der Waals surface area (Å²) in [6, 6.07) is 2.02. The summed E-state index contributed by atoms with van der Waals surface area (Å²) >= 11 is 0. The quantitative estimate of drug-likeness (QED) is 0.390. The molecule has 3 N–H and O–H groups in total. The average Bonchev–Trinajstić information content (AvgIpc) is 2.60. The Balaban J connectivity index is 1.61. The molecule has 0 bridgehead atoms. The molecule has 1 atom stereocenters. The van der Waals surface area contributed by atoms with Crippen molar-refractivity contribution in [1.29, 1.82) is 0 Å². The Bertz CT molecular complexity index is 488. The first-order valence-corrected chi connectivity index (χ1v) is 8.48. The highest BCUT2D eigenvalue weighted by Crippen LogP contribution is 2.09. The molecule has 1 unspecified atom stereocenters. The van der Waals surface area contributed by atoms with Crippen LogP contribution in [0.1, 0.15) is 13.3 Å². The number of methoxy groups -OCH3 is 1. The molecule has 2 rings (SSSR count). The van der Waals surface area contributed by atoms with Crippen LogP contribution in [0.15, 0.2) is 23.5 Å². The smallest absolute Gasteiger partial charge is 0.225 e. The Kier molecular flexibility index (Phi) is 7.70. The number of hydrogen-bond acceptors (Lipinski definition) is 6. The second kappa shape index (κ2) is 10.0. The first-order valence-electron chi connectivity index (χ1n) is 8.48.